The van der Waals surface area contributed by atoms with Crippen LogP contribution in [-0.2, 0) is 16.0 Å². The molecule has 1 fully saturated rings. The number of nitrogens with zero attached hydrogens (tertiary/aromatic N) is 5. The largest absolute Gasteiger partial charge is 0.495 e. The van der Waals surface area contributed by atoms with E-state index in [0.29, 0.717) is 5.75 Å². The number of carbonyl (C=O) groups is 1. The van der Waals surface area contributed by atoms with Gasteiger partial charge in [-0.15, -0.1) is 10.2 Å². The number of rotatable bonds is 8. The zero-order valence-corrected chi connectivity index (χ0v) is 17.5. The van der Waals surface area contributed by atoms with Gasteiger partial charge in [-0.25, -0.2) is 0 Å². The van der Waals surface area contributed by atoms with Crippen LogP contribution in [0.15, 0.2) is 24.3 Å². The predicted octanol–water partition coefficient (Wildman–Crippen LogP) is 1.53. The maximum atomic E-state index is 13.3. The molecule has 29 heavy (non-hydrogen) atoms. The lowest BCUT2D eigenvalue weighted by Gasteiger charge is -2.43. The Labute approximate surface area is 171 Å². The second-order valence-electron chi connectivity index (χ2n) is 7.47. The highest BCUT2D eigenvalue weighted by atomic mass is 16.5. The van der Waals surface area contributed by atoms with Crippen molar-refractivity contribution in [1.29, 1.82) is 0 Å². The van der Waals surface area contributed by atoms with Crippen LogP contribution >= 0.6 is 0 Å². The molecule has 1 aromatic heterocycles. The average Bonchev–Trinajstić information content (AvgIpc) is 3.27. The molecule has 1 amide bonds. The van der Waals surface area contributed by atoms with Crippen molar-refractivity contribution in [2.75, 3.05) is 38.8 Å². The van der Waals surface area contributed by atoms with E-state index in [1.54, 1.807) is 21.1 Å². The monoisotopic (exact) mass is 402 g/mol. The highest BCUT2D eigenvalue weighted by Gasteiger charge is 2.37. The SMILES string of the molecule is COc1ccccc1N(C(=O)C(C)OC)[C@@H]1CCN(CCc2nn[nH]n2)C[C@@H]1C. The van der Waals surface area contributed by atoms with Gasteiger partial charge < -0.3 is 19.3 Å². The summed E-state index contributed by atoms with van der Waals surface area (Å²) in [6.07, 6.45) is 1.10. The van der Waals surface area contributed by atoms with Gasteiger partial charge in [0.2, 0.25) is 0 Å². The maximum Gasteiger partial charge on any atom is 0.256 e. The number of aromatic amines is 1. The summed E-state index contributed by atoms with van der Waals surface area (Å²) in [5.41, 5.74) is 0.793. The molecule has 0 spiro atoms. The summed E-state index contributed by atoms with van der Waals surface area (Å²) in [4.78, 5) is 17.5. The van der Waals surface area contributed by atoms with Crippen molar-refractivity contribution in [3.05, 3.63) is 30.1 Å². The Kier molecular flexibility index (Phi) is 7.16. The molecule has 1 saturated heterocycles. The number of benzene rings is 1. The Bertz CT molecular complexity index is 784. The topological polar surface area (TPSA) is 96.5 Å². The zero-order chi connectivity index (χ0) is 20.8. The molecule has 0 saturated carbocycles. The lowest BCUT2D eigenvalue weighted by atomic mass is 9.91. The number of likely N-dealkylation sites (tertiary alicyclic amines) is 1. The molecule has 158 valence electrons. The molecular weight excluding hydrogens is 372 g/mol. The number of methoxy groups -OCH3 is 2. The fraction of sp³-hybridized carbons (Fsp3) is 0.600. The molecule has 1 unspecified atom stereocenters. The van der Waals surface area contributed by atoms with E-state index in [-0.39, 0.29) is 17.9 Å². The Morgan fingerprint density at radius 1 is 1.38 bits per heavy atom. The van der Waals surface area contributed by atoms with Gasteiger partial charge in [-0.3, -0.25) is 4.79 Å². The molecule has 3 atom stereocenters. The quantitative estimate of drug-likeness (QED) is 0.715. The summed E-state index contributed by atoms with van der Waals surface area (Å²) in [6, 6.07) is 7.74. The highest BCUT2D eigenvalue weighted by molar-refractivity contribution is 5.98. The van der Waals surface area contributed by atoms with Crippen LogP contribution in [0.2, 0.25) is 0 Å². The lowest BCUT2D eigenvalue weighted by molar-refractivity contribution is -0.128. The van der Waals surface area contributed by atoms with Crippen LogP contribution < -0.4 is 9.64 Å². The van der Waals surface area contributed by atoms with E-state index in [1.165, 1.54) is 0 Å². The fourth-order valence-electron chi connectivity index (χ4n) is 3.94. The van der Waals surface area contributed by atoms with Crippen LogP contribution in [0.5, 0.6) is 5.75 Å². The smallest absolute Gasteiger partial charge is 0.256 e. The molecule has 1 aromatic carbocycles. The van der Waals surface area contributed by atoms with Crippen molar-refractivity contribution < 1.29 is 14.3 Å². The van der Waals surface area contributed by atoms with E-state index in [1.807, 2.05) is 29.2 Å². The molecule has 0 radical (unpaired) electrons. The Morgan fingerprint density at radius 2 is 2.17 bits per heavy atom. The van der Waals surface area contributed by atoms with Crippen LogP contribution in [0.4, 0.5) is 5.69 Å². The first-order valence-electron chi connectivity index (χ1n) is 9.98. The summed E-state index contributed by atoms with van der Waals surface area (Å²) in [5.74, 6) is 1.65. The van der Waals surface area contributed by atoms with E-state index in [9.17, 15) is 4.79 Å². The van der Waals surface area contributed by atoms with Crippen LogP contribution in [0, 0.1) is 5.92 Å². The van der Waals surface area contributed by atoms with E-state index in [2.05, 4.69) is 32.4 Å². The Balaban J connectivity index is 1.76. The normalized spacial score (nSPS) is 21.0. The summed E-state index contributed by atoms with van der Waals surface area (Å²) >= 11 is 0. The molecule has 1 aliphatic rings. The summed E-state index contributed by atoms with van der Waals surface area (Å²) in [6.45, 7) is 6.64. The summed E-state index contributed by atoms with van der Waals surface area (Å²) in [7, 11) is 3.19. The van der Waals surface area contributed by atoms with E-state index in [0.717, 1.165) is 44.0 Å². The van der Waals surface area contributed by atoms with Crippen molar-refractivity contribution in [2.24, 2.45) is 5.92 Å². The number of para-hydroxylation sites is 2. The first kappa shape index (κ1) is 21.2. The Morgan fingerprint density at radius 3 is 2.83 bits per heavy atom. The molecular formula is C20H30N6O3. The molecule has 9 heteroatoms. The van der Waals surface area contributed by atoms with Crippen molar-refractivity contribution in [1.82, 2.24) is 25.5 Å². The first-order valence-corrected chi connectivity index (χ1v) is 9.98. The lowest BCUT2D eigenvalue weighted by Crippen LogP contribution is -2.54. The minimum Gasteiger partial charge on any atom is -0.495 e. The number of anilines is 1. The second-order valence-corrected chi connectivity index (χ2v) is 7.47. The molecule has 0 aliphatic carbocycles. The van der Waals surface area contributed by atoms with Gasteiger partial charge in [-0.1, -0.05) is 24.3 Å². The van der Waals surface area contributed by atoms with E-state index < -0.39 is 6.10 Å². The standard InChI is InChI=1S/C20H30N6O3/c1-14-13-25(12-10-19-21-23-24-22-19)11-9-16(14)26(20(27)15(2)28-3)17-7-5-6-8-18(17)29-4/h5-8,14-16H,9-13H2,1-4H3,(H,21,22,23,24)/t14-,15?,16+/m0/s1. The molecule has 9 nitrogen and oxygen atoms in total. The average molecular weight is 402 g/mol. The van der Waals surface area contributed by atoms with Crippen LogP contribution in [0.3, 0.4) is 0 Å². The number of piperidine rings is 1. The third-order valence-corrected chi connectivity index (χ3v) is 5.60. The molecule has 0 bridgehead atoms. The third-order valence-electron chi connectivity index (χ3n) is 5.60. The maximum absolute atomic E-state index is 13.3. The summed E-state index contributed by atoms with van der Waals surface area (Å²) in [5, 5.41) is 14.1. The Hall–Kier alpha value is -2.52. The molecule has 1 aliphatic heterocycles. The molecule has 2 heterocycles. The van der Waals surface area contributed by atoms with Gasteiger partial charge >= 0.3 is 0 Å². The number of aromatic nitrogens is 4. The predicted molar refractivity (Wildman–Crippen MR) is 109 cm³/mol. The minimum absolute atomic E-state index is 0.0471. The third kappa shape index (κ3) is 4.91. The van der Waals surface area contributed by atoms with Crippen molar-refractivity contribution in [3.8, 4) is 5.75 Å². The van der Waals surface area contributed by atoms with Gasteiger partial charge in [0.15, 0.2) is 5.82 Å². The van der Waals surface area contributed by atoms with Crippen molar-refractivity contribution in [3.63, 3.8) is 0 Å². The number of amides is 1. The number of hydrogen-bond acceptors (Lipinski definition) is 7. The number of hydrogen-bond donors (Lipinski definition) is 1. The van der Waals surface area contributed by atoms with E-state index >= 15 is 0 Å². The minimum atomic E-state index is -0.525. The number of carbonyl (C=O) groups excluding carboxylic acids is 1. The number of ether oxygens (including phenoxy) is 2. The number of H-pyrrole nitrogens is 1. The first-order chi connectivity index (χ1) is 14.0. The fourth-order valence-corrected chi connectivity index (χ4v) is 3.94. The molecule has 3 rings (SSSR count). The van der Waals surface area contributed by atoms with Gasteiger partial charge in [0, 0.05) is 39.2 Å². The van der Waals surface area contributed by atoms with Crippen molar-refractivity contribution >= 4 is 11.6 Å². The molecule has 1 N–H and O–H groups in total. The van der Waals surface area contributed by atoms with Crippen LogP contribution in [0.1, 0.15) is 26.1 Å². The van der Waals surface area contributed by atoms with E-state index in [4.69, 9.17) is 9.47 Å². The van der Waals surface area contributed by atoms with Gasteiger partial charge in [0.05, 0.1) is 12.8 Å². The zero-order valence-electron chi connectivity index (χ0n) is 17.5. The van der Waals surface area contributed by atoms with Crippen molar-refractivity contribution in [2.45, 2.75) is 38.8 Å². The molecule has 2 aromatic rings. The van der Waals surface area contributed by atoms with Crippen LogP contribution in [-0.4, -0.2) is 77.4 Å². The number of nitrogens with one attached hydrogen (secondary N) is 1. The van der Waals surface area contributed by atoms with Gasteiger partial charge in [0.1, 0.15) is 11.9 Å². The van der Waals surface area contributed by atoms with Gasteiger partial charge in [-0.2, -0.15) is 5.21 Å². The number of tetrazole rings is 1. The highest BCUT2D eigenvalue weighted by Crippen LogP contribution is 2.34. The van der Waals surface area contributed by atoms with Gasteiger partial charge in [-0.05, 0) is 31.4 Å². The second kappa shape index (κ2) is 9.80. The van der Waals surface area contributed by atoms with Gasteiger partial charge in [0.25, 0.3) is 5.91 Å². The van der Waals surface area contributed by atoms with Crippen LogP contribution in [0.25, 0.3) is 0 Å². The summed E-state index contributed by atoms with van der Waals surface area (Å²) < 4.78 is 10.9.